The number of hydrogen-bond donors (Lipinski definition) is 2. The molecule has 1 amide bonds. The molecule has 1 fully saturated rings. The summed E-state index contributed by atoms with van der Waals surface area (Å²) >= 11 is 0. The molecule has 1 saturated heterocycles. The molecular weight excluding hydrogens is 435 g/mol. The van der Waals surface area contributed by atoms with Gasteiger partial charge in [0.1, 0.15) is 30.5 Å². The molecule has 3 rings (SSSR count). The second kappa shape index (κ2) is 9.45. The first-order chi connectivity index (χ1) is 15.1. The van der Waals surface area contributed by atoms with Crippen molar-refractivity contribution in [3.05, 3.63) is 54.1 Å². The summed E-state index contributed by atoms with van der Waals surface area (Å²) in [4.78, 5) is 27.9. The second-order valence-electron chi connectivity index (χ2n) is 6.59. The summed E-state index contributed by atoms with van der Waals surface area (Å²) in [5.41, 5.74) is 6.76. The third-order valence-electron chi connectivity index (χ3n) is 4.23. The maximum Gasteiger partial charge on any atom is 0.573 e. The third kappa shape index (κ3) is 6.27. The van der Waals surface area contributed by atoms with Gasteiger partial charge in [0.25, 0.3) is 0 Å². The number of hydrogen-bond acceptors (Lipinski definition) is 6. The lowest BCUT2D eigenvalue weighted by Crippen LogP contribution is -2.26. The highest BCUT2D eigenvalue weighted by Crippen LogP contribution is 2.26. The molecule has 1 unspecified atom stereocenters. The average Bonchev–Trinajstić information content (AvgIpc) is 3.11. The average molecular weight is 453 g/mol. The van der Waals surface area contributed by atoms with Gasteiger partial charge in [0, 0.05) is 11.3 Å². The summed E-state index contributed by atoms with van der Waals surface area (Å²) in [5, 5.41) is 8.64. The molecule has 3 N–H and O–H groups in total. The summed E-state index contributed by atoms with van der Waals surface area (Å²) in [6.07, 6.45) is -5.97. The Morgan fingerprint density at radius 2 is 1.78 bits per heavy atom. The zero-order chi connectivity index (χ0) is 23.3. The van der Waals surface area contributed by atoms with E-state index >= 15 is 0 Å². The first-order valence-electron chi connectivity index (χ1n) is 9.19. The number of aliphatic imine (C=N–C) groups is 1. The number of carboxylic acids is 1. The van der Waals surface area contributed by atoms with Gasteiger partial charge in [0.05, 0.1) is 6.54 Å². The van der Waals surface area contributed by atoms with Gasteiger partial charge in [0.2, 0.25) is 0 Å². The Kier molecular flexibility index (Phi) is 6.71. The molecule has 12 heteroatoms. The molecule has 2 aromatic carbocycles. The molecule has 0 bridgehead atoms. The first kappa shape index (κ1) is 22.7. The van der Waals surface area contributed by atoms with Crippen LogP contribution in [0, 0.1) is 0 Å². The number of aliphatic carboxylic acids is 1. The number of carbonyl (C=O) groups is 2. The number of cyclic esters (lactones) is 1. The van der Waals surface area contributed by atoms with Crippen LogP contribution < -0.4 is 20.1 Å². The molecule has 1 aliphatic rings. The number of benzene rings is 2. The lowest BCUT2D eigenvalue weighted by atomic mass is 10.2. The van der Waals surface area contributed by atoms with Gasteiger partial charge in [-0.1, -0.05) is 0 Å². The van der Waals surface area contributed by atoms with Gasteiger partial charge in [-0.15, -0.1) is 13.2 Å². The summed E-state index contributed by atoms with van der Waals surface area (Å²) in [5.74, 6) is -1.14. The van der Waals surface area contributed by atoms with Gasteiger partial charge in [-0.3, -0.25) is 14.7 Å². The monoisotopic (exact) mass is 453 g/mol. The number of alkyl halides is 3. The highest BCUT2D eigenvalue weighted by molar-refractivity contribution is 5.99. The van der Waals surface area contributed by atoms with Crippen molar-refractivity contribution >= 4 is 23.6 Å². The van der Waals surface area contributed by atoms with Crippen molar-refractivity contribution < 1.29 is 42.1 Å². The predicted molar refractivity (Wildman–Crippen MR) is 106 cm³/mol. The summed E-state index contributed by atoms with van der Waals surface area (Å²) < 4.78 is 51.1. The number of rotatable bonds is 8. The first-order valence-corrected chi connectivity index (χ1v) is 9.19. The number of carboxylic acid groups (broad SMARTS) is 1. The number of halogens is 3. The lowest BCUT2D eigenvalue weighted by Gasteiger charge is -2.14. The van der Waals surface area contributed by atoms with E-state index in [-0.39, 0.29) is 30.5 Å². The zero-order valence-corrected chi connectivity index (χ0v) is 16.4. The maximum absolute atomic E-state index is 12.2. The molecule has 0 aromatic heterocycles. The van der Waals surface area contributed by atoms with E-state index in [1.165, 1.54) is 17.0 Å². The number of nitrogens with two attached hydrogens (primary N) is 1. The van der Waals surface area contributed by atoms with E-state index in [1.807, 2.05) is 0 Å². The molecule has 1 atom stereocenters. The Hall–Kier alpha value is -3.96. The molecular formula is C20H18F3N3O6. The largest absolute Gasteiger partial charge is 0.573 e. The van der Waals surface area contributed by atoms with Crippen molar-refractivity contribution in [2.45, 2.75) is 12.5 Å². The topological polar surface area (TPSA) is 124 Å². The molecule has 170 valence electrons. The maximum atomic E-state index is 12.2. The van der Waals surface area contributed by atoms with Gasteiger partial charge in [0.15, 0.2) is 6.10 Å². The quantitative estimate of drug-likeness (QED) is 0.465. The number of amidine groups is 1. The molecule has 9 nitrogen and oxygen atoms in total. The summed E-state index contributed by atoms with van der Waals surface area (Å²) in [6, 6.07) is 11.3. The van der Waals surface area contributed by atoms with Gasteiger partial charge >= 0.3 is 18.4 Å². The molecule has 0 spiro atoms. The molecule has 2 aromatic rings. The molecule has 0 aliphatic carbocycles. The molecule has 32 heavy (non-hydrogen) atoms. The van der Waals surface area contributed by atoms with Crippen LogP contribution >= 0.6 is 0 Å². The Balaban J connectivity index is 1.55. The molecule has 1 heterocycles. The second-order valence-corrected chi connectivity index (χ2v) is 6.59. The number of ether oxygens (including phenoxy) is 3. The summed E-state index contributed by atoms with van der Waals surface area (Å²) in [6.45, 7) is -0.267. The van der Waals surface area contributed by atoms with Crippen LogP contribution in [0.1, 0.15) is 5.56 Å². The Morgan fingerprint density at radius 3 is 2.38 bits per heavy atom. The summed E-state index contributed by atoms with van der Waals surface area (Å²) in [7, 11) is 0. The van der Waals surface area contributed by atoms with E-state index in [1.54, 1.807) is 24.3 Å². The standard InChI is InChI=1S/C20H18F3N3O6/c21-20(22,23)32-15-7-5-14(6-8-15)30-11-16-10-26(19(29)31-16)13-3-1-12(2-4-13)18(24)25-9-17(27)28/h1-8,16H,9-11H2,(H2,24,25)(H,27,28). The fourth-order valence-electron chi connectivity index (χ4n) is 2.80. The third-order valence-corrected chi connectivity index (χ3v) is 4.23. The molecule has 1 aliphatic heterocycles. The smallest absolute Gasteiger partial charge is 0.490 e. The van der Waals surface area contributed by atoms with E-state index < -0.39 is 31.1 Å². The Labute approximate surface area is 179 Å². The van der Waals surface area contributed by atoms with Crippen molar-refractivity contribution in [2.24, 2.45) is 10.7 Å². The fourth-order valence-corrected chi connectivity index (χ4v) is 2.80. The van der Waals surface area contributed by atoms with Crippen LogP contribution in [0.5, 0.6) is 11.5 Å². The predicted octanol–water partition coefficient (Wildman–Crippen LogP) is 2.78. The van der Waals surface area contributed by atoms with E-state index in [2.05, 4.69) is 9.73 Å². The van der Waals surface area contributed by atoms with Gasteiger partial charge in [-0.05, 0) is 48.5 Å². The number of carbonyl (C=O) groups excluding carboxylic acids is 1. The van der Waals surface area contributed by atoms with Crippen LogP contribution in [-0.2, 0) is 9.53 Å². The Morgan fingerprint density at radius 1 is 1.16 bits per heavy atom. The van der Waals surface area contributed by atoms with Crippen molar-refractivity contribution in [1.29, 1.82) is 0 Å². The van der Waals surface area contributed by atoms with Crippen molar-refractivity contribution in [2.75, 3.05) is 24.6 Å². The molecule has 0 saturated carbocycles. The van der Waals surface area contributed by atoms with Crippen LogP contribution in [0.3, 0.4) is 0 Å². The van der Waals surface area contributed by atoms with E-state index in [4.69, 9.17) is 20.3 Å². The normalized spacial score (nSPS) is 16.6. The van der Waals surface area contributed by atoms with Crippen molar-refractivity contribution in [3.8, 4) is 11.5 Å². The van der Waals surface area contributed by atoms with Gasteiger partial charge in [-0.2, -0.15) is 0 Å². The van der Waals surface area contributed by atoms with Crippen molar-refractivity contribution in [1.82, 2.24) is 0 Å². The highest BCUT2D eigenvalue weighted by atomic mass is 19.4. The van der Waals surface area contributed by atoms with Crippen molar-refractivity contribution in [3.63, 3.8) is 0 Å². The Bertz CT molecular complexity index is 993. The van der Waals surface area contributed by atoms with E-state index in [0.717, 1.165) is 12.1 Å². The van der Waals surface area contributed by atoms with Crippen LogP contribution in [0.4, 0.5) is 23.7 Å². The highest BCUT2D eigenvalue weighted by Gasteiger charge is 2.33. The molecule has 0 radical (unpaired) electrons. The number of anilines is 1. The van der Waals surface area contributed by atoms with Crippen LogP contribution in [0.25, 0.3) is 0 Å². The van der Waals surface area contributed by atoms with E-state index in [0.29, 0.717) is 11.3 Å². The minimum absolute atomic E-state index is 0.00536. The zero-order valence-electron chi connectivity index (χ0n) is 16.4. The van der Waals surface area contributed by atoms with Crippen LogP contribution in [0.2, 0.25) is 0 Å². The van der Waals surface area contributed by atoms with E-state index in [9.17, 15) is 22.8 Å². The number of amides is 1. The minimum atomic E-state index is -4.78. The number of nitrogens with zero attached hydrogens (tertiary/aromatic N) is 2. The lowest BCUT2D eigenvalue weighted by molar-refractivity contribution is -0.274. The van der Waals surface area contributed by atoms with Crippen LogP contribution in [-0.4, -0.2) is 55.2 Å². The SMILES string of the molecule is NC(=NCC(=O)O)c1ccc(N2CC(COc3ccc(OC(F)(F)F)cc3)OC2=O)cc1. The minimum Gasteiger partial charge on any atom is -0.490 e. The van der Waals surface area contributed by atoms with Gasteiger partial charge < -0.3 is 25.1 Å². The van der Waals surface area contributed by atoms with Crippen LogP contribution in [0.15, 0.2) is 53.5 Å². The van der Waals surface area contributed by atoms with Gasteiger partial charge in [-0.25, -0.2) is 4.79 Å². The fraction of sp³-hybridized carbons (Fsp3) is 0.250.